The van der Waals surface area contributed by atoms with E-state index in [1.54, 1.807) is 22.8 Å². The van der Waals surface area contributed by atoms with Crippen LogP contribution >= 0.6 is 0 Å². The molecule has 1 aromatic heterocycles. The highest BCUT2D eigenvalue weighted by atomic mass is 16.4. The lowest BCUT2D eigenvalue weighted by Gasteiger charge is -2.32. The first-order valence-electron chi connectivity index (χ1n) is 5.33. The van der Waals surface area contributed by atoms with Crippen molar-refractivity contribution in [2.24, 2.45) is 7.05 Å². The second kappa shape index (κ2) is 4.44. The molecule has 0 bridgehead atoms. The summed E-state index contributed by atoms with van der Waals surface area (Å²) in [4.78, 5) is 25.7. The number of hydrogen-bond donors (Lipinski definition) is 1. The zero-order valence-corrected chi connectivity index (χ0v) is 9.54. The standard InChI is InChI=1S/C10H14N4O3/c1-12-7-8(6-11-12)9(15)13-2-4-14(5-3-13)10(16)17/h6-7H,2-5H2,1H3,(H,16,17). The molecule has 1 saturated heterocycles. The molecule has 0 unspecified atom stereocenters. The van der Waals surface area contributed by atoms with E-state index in [0.717, 1.165) is 0 Å². The summed E-state index contributed by atoms with van der Waals surface area (Å²) in [6.07, 6.45) is 2.25. The summed E-state index contributed by atoms with van der Waals surface area (Å²) in [7, 11) is 1.75. The van der Waals surface area contributed by atoms with Crippen molar-refractivity contribution in [2.75, 3.05) is 26.2 Å². The number of aryl methyl sites for hydroxylation is 1. The molecule has 7 nitrogen and oxygen atoms in total. The molecular weight excluding hydrogens is 224 g/mol. The predicted molar refractivity (Wildman–Crippen MR) is 58.7 cm³/mol. The molecule has 1 fully saturated rings. The Morgan fingerprint density at radius 1 is 1.24 bits per heavy atom. The summed E-state index contributed by atoms with van der Waals surface area (Å²) >= 11 is 0. The number of piperazine rings is 1. The van der Waals surface area contributed by atoms with Gasteiger partial charge in [-0.3, -0.25) is 9.48 Å². The second-order valence-corrected chi connectivity index (χ2v) is 3.96. The SMILES string of the molecule is Cn1cc(C(=O)N2CCN(C(=O)O)CC2)cn1. The fourth-order valence-electron chi connectivity index (χ4n) is 1.82. The molecule has 92 valence electrons. The van der Waals surface area contributed by atoms with Gasteiger partial charge in [-0.1, -0.05) is 0 Å². The predicted octanol–water partition coefficient (Wildman–Crippen LogP) is -0.144. The molecule has 1 aliphatic heterocycles. The average molecular weight is 238 g/mol. The van der Waals surface area contributed by atoms with E-state index in [9.17, 15) is 9.59 Å². The Balaban J connectivity index is 1.97. The number of nitrogens with zero attached hydrogens (tertiary/aromatic N) is 4. The van der Waals surface area contributed by atoms with E-state index >= 15 is 0 Å². The van der Waals surface area contributed by atoms with Crippen molar-refractivity contribution in [3.05, 3.63) is 18.0 Å². The van der Waals surface area contributed by atoms with Crippen molar-refractivity contribution >= 4 is 12.0 Å². The van der Waals surface area contributed by atoms with Crippen LogP contribution in [0.1, 0.15) is 10.4 Å². The van der Waals surface area contributed by atoms with Crippen LogP contribution in [0.4, 0.5) is 4.79 Å². The molecule has 0 aromatic carbocycles. The van der Waals surface area contributed by atoms with Gasteiger partial charge in [-0.15, -0.1) is 0 Å². The van der Waals surface area contributed by atoms with Gasteiger partial charge in [0.1, 0.15) is 0 Å². The highest BCUT2D eigenvalue weighted by molar-refractivity contribution is 5.93. The highest BCUT2D eigenvalue weighted by Crippen LogP contribution is 2.08. The summed E-state index contributed by atoms with van der Waals surface area (Å²) in [6.45, 7) is 1.59. The topological polar surface area (TPSA) is 78.7 Å². The first-order valence-corrected chi connectivity index (χ1v) is 5.33. The monoisotopic (exact) mass is 238 g/mol. The van der Waals surface area contributed by atoms with Gasteiger partial charge in [-0.2, -0.15) is 5.10 Å². The van der Waals surface area contributed by atoms with Crippen LogP contribution in [0, 0.1) is 0 Å². The van der Waals surface area contributed by atoms with E-state index < -0.39 is 6.09 Å². The molecule has 1 aliphatic rings. The molecule has 7 heteroatoms. The first kappa shape index (κ1) is 11.4. The number of carbonyl (C=O) groups is 2. The molecule has 0 atom stereocenters. The van der Waals surface area contributed by atoms with Crippen molar-refractivity contribution in [1.29, 1.82) is 0 Å². The lowest BCUT2D eigenvalue weighted by Crippen LogP contribution is -2.50. The summed E-state index contributed by atoms with van der Waals surface area (Å²) in [5.74, 6) is -0.0943. The molecule has 0 saturated carbocycles. The summed E-state index contributed by atoms with van der Waals surface area (Å²) in [5, 5.41) is 12.7. The van der Waals surface area contributed by atoms with Crippen LogP contribution in [-0.4, -0.2) is 62.9 Å². The van der Waals surface area contributed by atoms with Crippen LogP contribution in [0.3, 0.4) is 0 Å². The van der Waals surface area contributed by atoms with E-state index in [4.69, 9.17) is 5.11 Å². The van der Waals surface area contributed by atoms with Crippen molar-refractivity contribution in [3.63, 3.8) is 0 Å². The van der Waals surface area contributed by atoms with Gasteiger partial charge in [0.25, 0.3) is 5.91 Å². The molecule has 0 radical (unpaired) electrons. The van der Waals surface area contributed by atoms with Crippen LogP contribution in [0.2, 0.25) is 0 Å². The van der Waals surface area contributed by atoms with Crippen LogP contribution in [-0.2, 0) is 7.05 Å². The maximum atomic E-state index is 12.0. The zero-order chi connectivity index (χ0) is 12.4. The molecule has 2 amide bonds. The Bertz CT molecular complexity index is 435. The van der Waals surface area contributed by atoms with Crippen LogP contribution in [0.15, 0.2) is 12.4 Å². The van der Waals surface area contributed by atoms with Gasteiger partial charge in [-0.25, -0.2) is 4.79 Å². The Morgan fingerprint density at radius 3 is 2.29 bits per heavy atom. The molecule has 2 heterocycles. The maximum Gasteiger partial charge on any atom is 0.407 e. The Labute approximate surface area is 98.2 Å². The molecule has 0 spiro atoms. The van der Waals surface area contributed by atoms with E-state index in [1.165, 1.54) is 11.1 Å². The first-order chi connectivity index (χ1) is 8.08. The average Bonchev–Trinajstić information content (AvgIpc) is 2.75. The lowest BCUT2D eigenvalue weighted by atomic mass is 10.2. The molecule has 0 aliphatic carbocycles. The molecule has 1 N–H and O–H groups in total. The number of carboxylic acid groups (broad SMARTS) is 1. The second-order valence-electron chi connectivity index (χ2n) is 3.96. The summed E-state index contributed by atoms with van der Waals surface area (Å²) in [6, 6.07) is 0. The van der Waals surface area contributed by atoms with E-state index in [1.807, 2.05) is 0 Å². The third kappa shape index (κ3) is 2.38. The molecule has 2 rings (SSSR count). The van der Waals surface area contributed by atoms with Crippen molar-refractivity contribution in [3.8, 4) is 0 Å². The Hall–Kier alpha value is -2.05. The zero-order valence-electron chi connectivity index (χ0n) is 9.54. The van der Waals surface area contributed by atoms with Gasteiger partial charge in [0.2, 0.25) is 0 Å². The lowest BCUT2D eigenvalue weighted by molar-refractivity contribution is 0.0625. The number of carbonyl (C=O) groups excluding carboxylic acids is 1. The summed E-state index contributed by atoms with van der Waals surface area (Å²) in [5.41, 5.74) is 0.538. The minimum atomic E-state index is -0.932. The minimum absolute atomic E-state index is 0.0943. The van der Waals surface area contributed by atoms with Gasteiger partial charge < -0.3 is 14.9 Å². The van der Waals surface area contributed by atoms with Gasteiger partial charge in [-0.05, 0) is 0 Å². The summed E-state index contributed by atoms with van der Waals surface area (Å²) < 4.78 is 1.57. The van der Waals surface area contributed by atoms with E-state index in [2.05, 4.69) is 5.10 Å². The Morgan fingerprint density at radius 2 is 1.82 bits per heavy atom. The largest absolute Gasteiger partial charge is 0.465 e. The molecule has 17 heavy (non-hydrogen) atoms. The van der Waals surface area contributed by atoms with Gasteiger partial charge in [0, 0.05) is 39.4 Å². The van der Waals surface area contributed by atoms with Gasteiger partial charge >= 0.3 is 6.09 Å². The number of hydrogen-bond acceptors (Lipinski definition) is 3. The van der Waals surface area contributed by atoms with Gasteiger partial charge in [0.05, 0.1) is 11.8 Å². The number of amides is 2. The number of rotatable bonds is 1. The maximum absolute atomic E-state index is 12.0. The third-order valence-corrected chi connectivity index (χ3v) is 2.79. The minimum Gasteiger partial charge on any atom is -0.465 e. The number of aromatic nitrogens is 2. The molecular formula is C10H14N4O3. The smallest absolute Gasteiger partial charge is 0.407 e. The fourth-order valence-corrected chi connectivity index (χ4v) is 1.82. The quantitative estimate of drug-likeness (QED) is 0.738. The highest BCUT2D eigenvalue weighted by Gasteiger charge is 2.24. The third-order valence-electron chi connectivity index (χ3n) is 2.79. The van der Waals surface area contributed by atoms with Gasteiger partial charge in [0.15, 0.2) is 0 Å². The van der Waals surface area contributed by atoms with Crippen molar-refractivity contribution in [1.82, 2.24) is 19.6 Å². The normalized spacial score (nSPS) is 16.1. The van der Waals surface area contributed by atoms with E-state index in [-0.39, 0.29) is 5.91 Å². The Kier molecular flexibility index (Phi) is 2.99. The van der Waals surface area contributed by atoms with E-state index in [0.29, 0.717) is 31.7 Å². The van der Waals surface area contributed by atoms with Crippen molar-refractivity contribution < 1.29 is 14.7 Å². The fraction of sp³-hybridized carbons (Fsp3) is 0.500. The van der Waals surface area contributed by atoms with Crippen molar-refractivity contribution in [2.45, 2.75) is 0 Å². The van der Waals surface area contributed by atoms with Crippen LogP contribution in [0.25, 0.3) is 0 Å². The van der Waals surface area contributed by atoms with Crippen LogP contribution < -0.4 is 0 Å². The molecule has 1 aromatic rings. The van der Waals surface area contributed by atoms with Crippen LogP contribution in [0.5, 0.6) is 0 Å².